The van der Waals surface area contributed by atoms with E-state index in [1.807, 2.05) is 31.2 Å². The predicted molar refractivity (Wildman–Crippen MR) is 51.9 cm³/mol. The van der Waals surface area contributed by atoms with Crippen LogP contribution in [0.2, 0.25) is 0 Å². The van der Waals surface area contributed by atoms with E-state index in [4.69, 9.17) is 5.26 Å². The van der Waals surface area contributed by atoms with Crippen molar-refractivity contribution in [3.8, 4) is 11.8 Å². The first kappa shape index (κ1) is 11.6. The van der Waals surface area contributed by atoms with Gasteiger partial charge in [0.05, 0.1) is 11.3 Å². The molecule has 77 valence electrons. The topological polar surface area (TPSA) is 41.6 Å². The molecule has 2 rings (SSSR count). The Kier molecular flexibility index (Phi) is 3.79. The molecule has 0 bridgehead atoms. The van der Waals surface area contributed by atoms with E-state index in [-0.39, 0.29) is 20.1 Å². The number of rotatable bonds is 1. The van der Waals surface area contributed by atoms with Crippen molar-refractivity contribution in [3.05, 3.63) is 47.8 Å². The van der Waals surface area contributed by atoms with Crippen molar-refractivity contribution in [1.29, 1.82) is 5.26 Å². The van der Waals surface area contributed by atoms with E-state index in [0.29, 0.717) is 5.56 Å². The van der Waals surface area contributed by atoms with Gasteiger partial charge in [-0.3, -0.25) is 4.68 Å². The number of benzene rings is 1. The van der Waals surface area contributed by atoms with Gasteiger partial charge in [-0.15, -0.1) is 6.07 Å². The van der Waals surface area contributed by atoms with Crippen molar-refractivity contribution in [2.24, 2.45) is 0 Å². The van der Waals surface area contributed by atoms with Gasteiger partial charge in [0.2, 0.25) is 0 Å². The number of nitriles is 1. The van der Waals surface area contributed by atoms with Crippen LogP contribution in [0.1, 0.15) is 11.3 Å². The van der Waals surface area contributed by atoms with Crippen molar-refractivity contribution >= 4 is 0 Å². The van der Waals surface area contributed by atoms with Crippen LogP contribution in [0.25, 0.3) is 5.69 Å². The molecule has 2 aromatic rings. The molecule has 0 aliphatic rings. The molecule has 1 aromatic heterocycles. The molecule has 0 spiro atoms. The molecule has 1 aromatic carbocycles. The Morgan fingerprint density at radius 3 is 2.80 bits per heavy atom. The van der Waals surface area contributed by atoms with Crippen LogP contribution in [-0.4, -0.2) is 9.78 Å². The third-order valence-electron chi connectivity index (χ3n) is 1.96. The van der Waals surface area contributed by atoms with Gasteiger partial charge in [0.15, 0.2) is 0 Å². The van der Waals surface area contributed by atoms with Crippen LogP contribution in [-0.2, 0) is 20.1 Å². The number of aromatic nitrogens is 2. The number of aryl methyl sites for hydroxylation is 1. The number of hydrogen-bond acceptors (Lipinski definition) is 2. The first-order chi connectivity index (χ1) is 6.81. The van der Waals surface area contributed by atoms with E-state index in [9.17, 15) is 0 Å². The van der Waals surface area contributed by atoms with E-state index in [0.717, 1.165) is 11.4 Å². The quantitative estimate of drug-likeness (QED) is 0.715. The van der Waals surface area contributed by atoms with Gasteiger partial charge in [0.1, 0.15) is 6.07 Å². The number of hydrogen-bond donors (Lipinski definition) is 0. The van der Waals surface area contributed by atoms with Crippen LogP contribution in [0.3, 0.4) is 0 Å². The zero-order valence-corrected chi connectivity index (χ0v) is 10.5. The third-order valence-corrected chi connectivity index (χ3v) is 1.96. The minimum atomic E-state index is 0. The Morgan fingerprint density at radius 1 is 1.47 bits per heavy atom. The fourth-order valence-corrected chi connectivity index (χ4v) is 1.22. The van der Waals surface area contributed by atoms with Gasteiger partial charge in [-0.05, 0) is 12.6 Å². The summed E-state index contributed by atoms with van der Waals surface area (Å²) in [6.45, 7) is 1.82. The molecule has 4 heteroatoms. The summed E-state index contributed by atoms with van der Waals surface area (Å²) in [6.07, 6.45) is 1.71. The molecular formula is C11H8IrN3-. The minimum Gasteiger partial charge on any atom is -0.264 e. The van der Waals surface area contributed by atoms with E-state index in [2.05, 4.69) is 17.2 Å². The SMILES string of the molecule is Cc1nn(-c2[c-]cccc2)cc1C#N.[Ir]. The van der Waals surface area contributed by atoms with Crippen molar-refractivity contribution in [2.75, 3.05) is 0 Å². The van der Waals surface area contributed by atoms with Crippen molar-refractivity contribution < 1.29 is 20.1 Å². The minimum absolute atomic E-state index is 0. The van der Waals surface area contributed by atoms with E-state index >= 15 is 0 Å². The molecule has 3 nitrogen and oxygen atoms in total. The second kappa shape index (κ2) is 4.88. The van der Waals surface area contributed by atoms with Crippen LogP contribution < -0.4 is 0 Å². The van der Waals surface area contributed by atoms with Gasteiger partial charge < -0.3 is 0 Å². The molecule has 0 N–H and O–H groups in total. The maximum atomic E-state index is 8.77. The number of nitrogens with zero attached hydrogens (tertiary/aromatic N) is 3. The maximum absolute atomic E-state index is 8.77. The first-order valence-electron chi connectivity index (χ1n) is 4.25. The molecule has 0 fully saturated rings. The smallest absolute Gasteiger partial charge is 0.103 e. The summed E-state index contributed by atoms with van der Waals surface area (Å²) in [6, 6.07) is 12.6. The zero-order valence-electron chi connectivity index (χ0n) is 8.06. The fraction of sp³-hybridized carbons (Fsp3) is 0.0909. The molecular weight excluding hydrogens is 366 g/mol. The van der Waals surface area contributed by atoms with Gasteiger partial charge in [0, 0.05) is 26.3 Å². The summed E-state index contributed by atoms with van der Waals surface area (Å²) in [4.78, 5) is 0. The standard InChI is InChI=1S/C11H8N3.Ir/c1-9-10(7-12)8-14(13-9)11-5-3-2-4-6-11;/h2-5,8H,1H3;/q-1;. The second-order valence-corrected chi connectivity index (χ2v) is 2.93. The van der Waals surface area contributed by atoms with Gasteiger partial charge in [-0.25, -0.2) is 0 Å². The Hall–Kier alpha value is -1.43. The van der Waals surface area contributed by atoms with Gasteiger partial charge >= 0.3 is 0 Å². The molecule has 0 unspecified atom stereocenters. The molecule has 0 aliphatic heterocycles. The summed E-state index contributed by atoms with van der Waals surface area (Å²) >= 11 is 0. The van der Waals surface area contributed by atoms with Gasteiger partial charge in [-0.2, -0.15) is 34.6 Å². The fourth-order valence-electron chi connectivity index (χ4n) is 1.22. The van der Waals surface area contributed by atoms with Crippen LogP contribution in [0.5, 0.6) is 0 Å². The molecule has 0 atom stereocenters. The number of para-hydroxylation sites is 1. The monoisotopic (exact) mass is 375 g/mol. The van der Waals surface area contributed by atoms with E-state index in [1.54, 1.807) is 10.9 Å². The Morgan fingerprint density at radius 2 is 2.27 bits per heavy atom. The molecule has 15 heavy (non-hydrogen) atoms. The van der Waals surface area contributed by atoms with Crippen LogP contribution in [0, 0.1) is 24.3 Å². The zero-order chi connectivity index (χ0) is 9.97. The molecule has 0 saturated carbocycles. The van der Waals surface area contributed by atoms with Crippen LogP contribution >= 0.6 is 0 Å². The molecule has 0 aliphatic carbocycles. The molecule has 0 saturated heterocycles. The predicted octanol–water partition coefficient (Wildman–Crippen LogP) is 1.85. The molecule has 1 radical (unpaired) electrons. The Balaban J connectivity index is 0.00000112. The van der Waals surface area contributed by atoms with Gasteiger partial charge in [0.25, 0.3) is 0 Å². The average molecular weight is 374 g/mol. The Labute approximate surface area is 102 Å². The van der Waals surface area contributed by atoms with Crippen molar-refractivity contribution in [3.63, 3.8) is 0 Å². The Bertz CT molecular complexity index is 482. The maximum Gasteiger partial charge on any atom is 0.103 e. The van der Waals surface area contributed by atoms with E-state index in [1.165, 1.54) is 0 Å². The molecule has 0 amide bonds. The van der Waals surface area contributed by atoms with E-state index < -0.39 is 0 Å². The summed E-state index contributed by atoms with van der Waals surface area (Å²) in [5.74, 6) is 0. The third kappa shape index (κ3) is 2.33. The first-order valence-corrected chi connectivity index (χ1v) is 4.25. The summed E-state index contributed by atoms with van der Waals surface area (Å²) in [7, 11) is 0. The molecule has 1 heterocycles. The summed E-state index contributed by atoms with van der Waals surface area (Å²) in [5, 5.41) is 13.0. The summed E-state index contributed by atoms with van der Waals surface area (Å²) in [5.41, 5.74) is 2.18. The normalized spacial score (nSPS) is 9.07. The average Bonchev–Trinajstić information content (AvgIpc) is 2.61. The second-order valence-electron chi connectivity index (χ2n) is 2.93. The van der Waals surface area contributed by atoms with Crippen LogP contribution in [0.15, 0.2) is 30.5 Å². The summed E-state index contributed by atoms with van der Waals surface area (Å²) < 4.78 is 1.66. The van der Waals surface area contributed by atoms with Crippen molar-refractivity contribution in [1.82, 2.24) is 9.78 Å². The van der Waals surface area contributed by atoms with Crippen LogP contribution in [0.4, 0.5) is 0 Å². The largest absolute Gasteiger partial charge is 0.264 e. The van der Waals surface area contributed by atoms with Crippen molar-refractivity contribution in [2.45, 2.75) is 6.92 Å². The van der Waals surface area contributed by atoms with Gasteiger partial charge in [-0.1, -0.05) is 0 Å².